The van der Waals surface area contributed by atoms with Crippen molar-refractivity contribution in [1.82, 2.24) is 9.97 Å². The number of rotatable bonds is 5. The summed E-state index contributed by atoms with van der Waals surface area (Å²) in [5, 5.41) is 0.806. The van der Waals surface area contributed by atoms with Gasteiger partial charge in [0.15, 0.2) is 15.9 Å². The average Bonchev–Trinajstić information content (AvgIpc) is 3.12. The van der Waals surface area contributed by atoms with Crippen LogP contribution in [0.5, 0.6) is 5.75 Å². The number of ether oxygens (including phenoxy) is 1. The molecular formula is C19H13F3N3O2S2+. The van der Waals surface area contributed by atoms with E-state index in [-0.39, 0.29) is 5.75 Å². The van der Waals surface area contributed by atoms with Crippen molar-refractivity contribution in [3.05, 3.63) is 67.0 Å². The van der Waals surface area contributed by atoms with E-state index in [1.165, 1.54) is 23.5 Å². The molecule has 1 N–H and O–H groups in total. The second-order valence-electron chi connectivity index (χ2n) is 5.89. The Bertz CT molecular complexity index is 1140. The minimum atomic E-state index is -4.76. The van der Waals surface area contributed by atoms with E-state index in [0.717, 1.165) is 32.9 Å². The second-order valence-corrected chi connectivity index (χ2v) is 8.25. The number of aromatic nitrogens is 2. The SMILES string of the molecule is O=[SH+](Nc1cccc(-c2nc3ccncc3s2)c1)c1ccc(OC(F)(F)F)cc1. The molecule has 0 saturated carbocycles. The average molecular weight is 436 g/mol. The van der Waals surface area contributed by atoms with Gasteiger partial charge < -0.3 is 4.74 Å². The van der Waals surface area contributed by atoms with Gasteiger partial charge in [-0.25, -0.2) is 9.71 Å². The van der Waals surface area contributed by atoms with Gasteiger partial charge in [0.1, 0.15) is 10.8 Å². The molecule has 1 atom stereocenters. The maximum Gasteiger partial charge on any atom is 0.573 e. The highest BCUT2D eigenvalue weighted by atomic mass is 32.2. The molecule has 0 aliphatic heterocycles. The second kappa shape index (κ2) is 7.80. The summed E-state index contributed by atoms with van der Waals surface area (Å²) in [6.45, 7) is 0. The molecule has 1 unspecified atom stereocenters. The molecule has 0 aliphatic rings. The van der Waals surface area contributed by atoms with E-state index < -0.39 is 17.3 Å². The Morgan fingerprint density at radius 2 is 1.86 bits per heavy atom. The van der Waals surface area contributed by atoms with Crippen molar-refractivity contribution < 1.29 is 22.1 Å². The Labute approximate surface area is 169 Å². The molecule has 148 valence electrons. The van der Waals surface area contributed by atoms with Crippen LogP contribution >= 0.6 is 11.3 Å². The maximum atomic E-state index is 12.6. The number of pyridine rings is 1. The highest BCUT2D eigenvalue weighted by molar-refractivity contribution is 7.86. The first-order valence-electron chi connectivity index (χ1n) is 8.28. The minimum Gasteiger partial charge on any atom is -0.406 e. The van der Waals surface area contributed by atoms with Gasteiger partial charge in [0.2, 0.25) is 0 Å². The molecule has 2 heterocycles. The van der Waals surface area contributed by atoms with Gasteiger partial charge in [0, 0.05) is 18.0 Å². The molecule has 0 spiro atoms. The predicted molar refractivity (Wildman–Crippen MR) is 107 cm³/mol. The van der Waals surface area contributed by atoms with Crippen molar-refractivity contribution in [2.45, 2.75) is 11.3 Å². The number of hydrogen-bond acceptors (Lipinski definition) is 5. The van der Waals surface area contributed by atoms with Crippen molar-refractivity contribution in [2.24, 2.45) is 0 Å². The predicted octanol–water partition coefficient (Wildman–Crippen LogP) is 5.34. The summed E-state index contributed by atoms with van der Waals surface area (Å²) in [5.41, 5.74) is 2.32. The van der Waals surface area contributed by atoms with Gasteiger partial charge in [-0.3, -0.25) is 4.98 Å². The third kappa shape index (κ3) is 4.72. The fourth-order valence-corrected chi connectivity index (χ4v) is 4.44. The third-order valence-electron chi connectivity index (χ3n) is 3.84. The molecule has 0 saturated heterocycles. The monoisotopic (exact) mass is 436 g/mol. The van der Waals surface area contributed by atoms with Gasteiger partial charge in [-0.2, -0.15) is 0 Å². The van der Waals surface area contributed by atoms with Crippen LogP contribution in [0, 0.1) is 0 Å². The van der Waals surface area contributed by atoms with Gasteiger partial charge in [-0.1, -0.05) is 16.3 Å². The molecule has 10 heteroatoms. The molecule has 29 heavy (non-hydrogen) atoms. The number of halogens is 3. The van der Waals surface area contributed by atoms with Crippen molar-refractivity contribution in [3.63, 3.8) is 0 Å². The van der Waals surface area contributed by atoms with Crippen LogP contribution in [0.4, 0.5) is 18.9 Å². The number of fused-ring (bicyclic) bond motifs is 1. The smallest absolute Gasteiger partial charge is 0.406 e. The van der Waals surface area contributed by atoms with Crippen molar-refractivity contribution >= 4 is 38.2 Å². The largest absolute Gasteiger partial charge is 0.573 e. The van der Waals surface area contributed by atoms with E-state index in [1.54, 1.807) is 18.5 Å². The number of alkyl halides is 3. The van der Waals surface area contributed by atoms with Crippen molar-refractivity contribution in [2.75, 3.05) is 4.72 Å². The van der Waals surface area contributed by atoms with Gasteiger partial charge in [0.25, 0.3) is 0 Å². The lowest BCUT2D eigenvalue weighted by atomic mass is 10.2. The van der Waals surface area contributed by atoms with E-state index in [4.69, 9.17) is 0 Å². The molecule has 2 aromatic carbocycles. The lowest BCUT2D eigenvalue weighted by Crippen LogP contribution is -2.17. The topological polar surface area (TPSA) is 64.1 Å². The summed E-state index contributed by atoms with van der Waals surface area (Å²) in [6.07, 6.45) is -1.33. The molecular weight excluding hydrogens is 423 g/mol. The Balaban J connectivity index is 1.51. The van der Waals surface area contributed by atoms with E-state index in [9.17, 15) is 17.4 Å². The summed E-state index contributed by atoms with van der Waals surface area (Å²) < 4.78 is 56.9. The van der Waals surface area contributed by atoms with Crippen LogP contribution in [0.2, 0.25) is 0 Å². The Morgan fingerprint density at radius 3 is 2.59 bits per heavy atom. The molecule has 0 bridgehead atoms. The molecule has 0 aliphatic carbocycles. The van der Waals surface area contributed by atoms with Gasteiger partial charge in [0.05, 0.1) is 15.9 Å². The van der Waals surface area contributed by atoms with Crippen LogP contribution < -0.4 is 9.46 Å². The van der Waals surface area contributed by atoms with Crippen LogP contribution in [-0.2, 0) is 15.2 Å². The van der Waals surface area contributed by atoms with Gasteiger partial charge in [-0.15, -0.1) is 24.5 Å². The van der Waals surface area contributed by atoms with Crippen LogP contribution in [-0.4, -0.2) is 16.3 Å². The Hall–Kier alpha value is -2.98. The minimum absolute atomic E-state index is 0.353. The lowest BCUT2D eigenvalue weighted by Gasteiger charge is -2.08. The zero-order valence-corrected chi connectivity index (χ0v) is 16.3. The molecule has 0 fully saturated rings. The summed E-state index contributed by atoms with van der Waals surface area (Å²) >= 11 is 1.50. The first-order valence-corrected chi connectivity index (χ1v) is 10.4. The van der Waals surface area contributed by atoms with E-state index in [1.807, 2.05) is 24.3 Å². The number of thiazole rings is 1. The summed E-state index contributed by atoms with van der Waals surface area (Å²) in [7, 11) is -2.06. The standard InChI is InChI=1S/C19H12F3N3O2S2/c20-19(21,22)27-14-4-6-15(7-5-14)29(26)25-13-3-1-2-12(10-13)18-24-16-8-9-23-11-17(16)28-18/h1-11H,(H,25,26)/p+1. The maximum absolute atomic E-state index is 12.6. The van der Waals surface area contributed by atoms with Crippen LogP contribution in [0.1, 0.15) is 0 Å². The first-order chi connectivity index (χ1) is 13.9. The quantitative estimate of drug-likeness (QED) is 0.339. The third-order valence-corrected chi connectivity index (χ3v) is 6.12. The molecule has 2 aromatic heterocycles. The number of thiol groups is 1. The number of hydrogen-bond donors (Lipinski definition) is 1. The summed E-state index contributed by atoms with van der Waals surface area (Å²) in [4.78, 5) is 9.01. The van der Waals surface area contributed by atoms with Crippen molar-refractivity contribution in [3.8, 4) is 16.3 Å². The van der Waals surface area contributed by atoms with E-state index in [2.05, 4.69) is 19.4 Å². The highest BCUT2D eigenvalue weighted by Crippen LogP contribution is 2.31. The lowest BCUT2D eigenvalue weighted by molar-refractivity contribution is -0.274. The first kappa shape index (κ1) is 19.3. The van der Waals surface area contributed by atoms with Crippen LogP contribution in [0.3, 0.4) is 0 Å². The molecule has 0 radical (unpaired) electrons. The zero-order valence-electron chi connectivity index (χ0n) is 14.6. The van der Waals surface area contributed by atoms with Crippen LogP contribution in [0.25, 0.3) is 20.8 Å². The number of nitrogens with one attached hydrogen (secondary N) is 1. The molecule has 0 amide bonds. The summed E-state index contributed by atoms with van der Waals surface area (Å²) in [5.74, 6) is -0.364. The summed E-state index contributed by atoms with van der Waals surface area (Å²) in [6, 6.07) is 14.0. The number of anilines is 1. The van der Waals surface area contributed by atoms with Gasteiger partial charge >= 0.3 is 6.36 Å². The molecule has 4 rings (SSSR count). The van der Waals surface area contributed by atoms with Gasteiger partial charge in [-0.05, 0) is 42.5 Å². The fourth-order valence-electron chi connectivity index (χ4n) is 2.59. The normalized spacial score (nSPS) is 12.7. The zero-order chi connectivity index (χ0) is 20.4. The molecule has 4 aromatic rings. The Morgan fingerprint density at radius 1 is 1.07 bits per heavy atom. The fraction of sp³-hybridized carbons (Fsp3) is 0.0526. The van der Waals surface area contributed by atoms with Crippen molar-refractivity contribution in [1.29, 1.82) is 0 Å². The van der Waals surface area contributed by atoms with E-state index >= 15 is 0 Å². The Kier molecular flexibility index (Phi) is 5.20. The molecule has 5 nitrogen and oxygen atoms in total. The number of nitrogens with zero attached hydrogens (tertiary/aromatic N) is 2. The number of benzene rings is 2. The highest BCUT2D eigenvalue weighted by Gasteiger charge is 2.31. The van der Waals surface area contributed by atoms with E-state index in [0.29, 0.717) is 10.6 Å². The van der Waals surface area contributed by atoms with Crippen LogP contribution in [0.15, 0.2) is 71.9 Å².